The van der Waals surface area contributed by atoms with Crippen molar-refractivity contribution < 1.29 is 0 Å². The molecule has 0 heteroatoms. The van der Waals surface area contributed by atoms with Crippen LogP contribution in [0.1, 0.15) is 66.2 Å². The molecular formula is C14H28. The third-order valence-electron chi connectivity index (χ3n) is 3.71. The van der Waals surface area contributed by atoms with Crippen molar-refractivity contribution in [3.8, 4) is 0 Å². The molecule has 14 heavy (non-hydrogen) atoms. The molecule has 0 aromatic heterocycles. The van der Waals surface area contributed by atoms with E-state index in [2.05, 4.69) is 27.7 Å². The van der Waals surface area contributed by atoms with Crippen LogP contribution in [0.2, 0.25) is 0 Å². The van der Waals surface area contributed by atoms with Gasteiger partial charge in [-0.25, -0.2) is 0 Å². The highest BCUT2D eigenvalue weighted by atomic mass is 14.3. The number of hydrogen-bond donors (Lipinski definition) is 0. The molecule has 1 aliphatic carbocycles. The fourth-order valence-corrected chi connectivity index (χ4v) is 2.96. The molecule has 0 radical (unpaired) electrons. The Kier molecular flexibility index (Phi) is 4.98. The predicted octanol–water partition coefficient (Wildman–Crippen LogP) is 4.89. The molecule has 0 aromatic carbocycles. The Bertz CT molecular complexity index is 146. The molecule has 1 unspecified atom stereocenters. The lowest BCUT2D eigenvalue weighted by Gasteiger charge is -2.22. The van der Waals surface area contributed by atoms with E-state index in [4.69, 9.17) is 0 Å². The van der Waals surface area contributed by atoms with Crippen LogP contribution in [0.15, 0.2) is 0 Å². The largest absolute Gasteiger partial charge is 0.0628 e. The van der Waals surface area contributed by atoms with Gasteiger partial charge in [-0.15, -0.1) is 0 Å². The van der Waals surface area contributed by atoms with Crippen LogP contribution in [-0.4, -0.2) is 0 Å². The fraction of sp³-hybridized carbons (Fsp3) is 1.00. The Hall–Kier alpha value is 0. The van der Waals surface area contributed by atoms with Gasteiger partial charge in [0.1, 0.15) is 0 Å². The zero-order chi connectivity index (χ0) is 10.6. The molecule has 0 spiro atoms. The maximum atomic E-state index is 2.37. The number of hydrogen-bond acceptors (Lipinski definition) is 0. The fourth-order valence-electron chi connectivity index (χ4n) is 2.96. The minimum absolute atomic E-state index is 0.898. The molecule has 0 bridgehead atoms. The monoisotopic (exact) mass is 196 g/mol. The van der Waals surface area contributed by atoms with E-state index in [-0.39, 0.29) is 0 Å². The maximum absolute atomic E-state index is 2.37. The van der Waals surface area contributed by atoms with Gasteiger partial charge in [0.25, 0.3) is 0 Å². The summed E-state index contributed by atoms with van der Waals surface area (Å²) in [5, 5.41) is 0. The quantitative estimate of drug-likeness (QED) is 0.587. The lowest BCUT2D eigenvalue weighted by Crippen LogP contribution is -2.11. The van der Waals surface area contributed by atoms with Gasteiger partial charge in [0, 0.05) is 0 Å². The van der Waals surface area contributed by atoms with Crippen LogP contribution in [0.25, 0.3) is 0 Å². The first kappa shape index (κ1) is 12.1. The molecule has 1 saturated carbocycles. The van der Waals surface area contributed by atoms with Crippen molar-refractivity contribution in [1.82, 2.24) is 0 Å². The molecule has 1 rings (SSSR count). The van der Waals surface area contributed by atoms with Crippen LogP contribution in [0.5, 0.6) is 0 Å². The van der Waals surface area contributed by atoms with Crippen molar-refractivity contribution in [1.29, 1.82) is 0 Å². The Morgan fingerprint density at radius 3 is 2.14 bits per heavy atom. The summed E-state index contributed by atoms with van der Waals surface area (Å²) in [7, 11) is 0. The Morgan fingerprint density at radius 2 is 1.57 bits per heavy atom. The average Bonchev–Trinajstić information content (AvgIpc) is 2.47. The average molecular weight is 196 g/mol. The summed E-state index contributed by atoms with van der Waals surface area (Å²) < 4.78 is 0. The van der Waals surface area contributed by atoms with Gasteiger partial charge in [-0.3, -0.25) is 0 Å². The van der Waals surface area contributed by atoms with E-state index in [1.165, 1.54) is 38.5 Å². The molecular weight excluding hydrogens is 168 g/mol. The second kappa shape index (κ2) is 5.78. The molecule has 0 nitrogen and oxygen atoms in total. The summed E-state index contributed by atoms with van der Waals surface area (Å²) in [5.41, 5.74) is 0. The van der Waals surface area contributed by atoms with Crippen molar-refractivity contribution >= 4 is 0 Å². The molecule has 0 aromatic rings. The van der Waals surface area contributed by atoms with E-state index in [1.807, 2.05) is 0 Å². The van der Waals surface area contributed by atoms with Crippen LogP contribution < -0.4 is 0 Å². The molecule has 0 heterocycles. The van der Waals surface area contributed by atoms with Gasteiger partial charge in [0.2, 0.25) is 0 Å². The van der Waals surface area contributed by atoms with Crippen LogP contribution in [0.3, 0.4) is 0 Å². The van der Waals surface area contributed by atoms with Crippen LogP contribution >= 0.6 is 0 Å². The van der Waals surface area contributed by atoms with Gasteiger partial charge in [0.15, 0.2) is 0 Å². The van der Waals surface area contributed by atoms with Crippen molar-refractivity contribution in [2.45, 2.75) is 66.2 Å². The van der Waals surface area contributed by atoms with Crippen molar-refractivity contribution in [3.63, 3.8) is 0 Å². The molecule has 1 fully saturated rings. The molecule has 2 atom stereocenters. The lowest BCUT2D eigenvalue weighted by atomic mass is 9.84. The maximum Gasteiger partial charge on any atom is -0.0383 e. The summed E-state index contributed by atoms with van der Waals surface area (Å²) in [6.45, 7) is 9.45. The highest BCUT2D eigenvalue weighted by molar-refractivity contribution is 4.78. The van der Waals surface area contributed by atoms with Crippen molar-refractivity contribution in [2.75, 3.05) is 0 Å². The highest BCUT2D eigenvalue weighted by Gasteiger charge is 2.27. The van der Waals surface area contributed by atoms with Gasteiger partial charge in [-0.05, 0) is 36.5 Å². The first-order valence-electron chi connectivity index (χ1n) is 6.59. The molecule has 0 amide bonds. The van der Waals surface area contributed by atoms with E-state index in [9.17, 15) is 0 Å². The van der Waals surface area contributed by atoms with Gasteiger partial charge in [-0.1, -0.05) is 53.4 Å². The van der Waals surface area contributed by atoms with E-state index < -0.39 is 0 Å². The molecule has 0 aliphatic heterocycles. The number of rotatable bonds is 5. The summed E-state index contributed by atoms with van der Waals surface area (Å²) in [5.74, 6) is 3.93. The SMILES string of the molecule is CC(C)CCC1CCC[C@@H]1CC(C)C. The zero-order valence-electron chi connectivity index (χ0n) is 10.6. The third kappa shape index (κ3) is 4.02. The molecule has 0 saturated heterocycles. The summed E-state index contributed by atoms with van der Waals surface area (Å²) in [6, 6.07) is 0. The Labute approximate surface area is 90.5 Å². The first-order chi connectivity index (χ1) is 6.59. The Morgan fingerprint density at radius 1 is 0.929 bits per heavy atom. The lowest BCUT2D eigenvalue weighted by molar-refractivity contribution is 0.292. The van der Waals surface area contributed by atoms with E-state index in [1.54, 1.807) is 0 Å². The third-order valence-corrected chi connectivity index (χ3v) is 3.71. The highest BCUT2D eigenvalue weighted by Crippen LogP contribution is 2.39. The van der Waals surface area contributed by atoms with Crippen molar-refractivity contribution in [3.05, 3.63) is 0 Å². The van der Waals surface area contributed by atoms with Crippen molar-refractivity contribution in [2.24, 2.45) is 23.7 Å². The molecule has 1 aliphatic rings. The molecule has 0 N–H and O–H groups in total. The summed E-state index contributed by atoms with van der Waals surface area (Å²) >= 11 is 0. The van der Waals surface area contributed by atoms with Crippen LogP contribution in [0.4, 0.5) is 0 Å². The van der Waals surface area contributed by atoms with Crippen LogP contribution in [-0.2, 0) is 0 Å². The Balaban J connectivity index is 2.28. The second-order valence-corrected chi connectivity index (χ2v) is 6.05. The van der Waals surface area contributed by atoms with E-state index in [0.717, 1.165) is 23.7 Å². The minimum atomic E-state index is 0.898. The summed E-state index contributed by atoms with van der Waals surface area (Å²) in [6.07, 6.45) is 8.95. The van der Waals surface area contributed by atoms with E-state index in [0.29, 0.717) is 0 Å². The minimum Gasteiger partial charge on any atom is -0.0628 e. The van der Waals surface area contributed by atoms with Crippen LogP contribution in [0, 0.1) is 23.7 Å². The van der Waals surface area contributed by atoms with Gasteiger partial charge >= 0.3 is 0 Å². The first-order valence-corrected chi connectivity index (χ1v) is 6.59. The summed E-state index contributed by atoms with van der Waals surface area (Å²) in [4.78, 5) is 0. The normalized spacial score (nSPS) is 27.9. The zero-order valence-corrected chi connectivity index (χ0v) is 10.6. The van der Waals surface area contributed by atoms with Gasteiger partial charge in [0.05, 0.1) is 0 Å². The topological polar surface area (TPSA) is 0 Å². The van der Waals surface area contributed by atoms with Gasteiger partial charge < -0.3 is 0 Å². The van der Waals surface area contributed by atoms with Gasteiger partial charge in [-0.2, -0.15) is 0 Å². The second-order valence-electron chi connectivity index (χ2n) is 6.05. The van der Waals surface area contributed by atoms with E-state index >= 15 is 0 Å². The standard InChI is InChI=1S/C14H28/c1-11(2)8-9-13-6-5-7-14(13)10-12(3)4/h11-14H,5-10H2,1-4H3/t13?,14-/m1/s1. The molecule has 84 valence electrons. The predicted molar refractivity (Wildman–Crippen MR) is 64.4 cm³/mol. The smallest absolute Gasteiger partial charge is 0.0383 e.